The Balaban J connectivity index is 1.82. The van der Waals surface area contributed by atoms with E-state index >= 15 is 0 Å². The molecule has 0 bridgehead atoms. The van der Waals surface area contributed by atoms with Gasteiger partial charge in [0.15, 0.2) is 0 Å². The van der Waals surface area contributed by atoms with E-state index < -0.39 is 5.91 Å². The molecule has 0 saturated carbocycles. The fourth-order valence-electron chi connectivity index (χ4n) is 2.88. The number of nitrogens with two attached hydrogens (primary N) is 1. The highest BCUT2D eigenvalue weighted by molar-refractivity contribution is 5.92. The van der Waals surface area contributed by atoms with Gasteiger partial charge in [-0.1, -0.05) is 12.1 Å². The molecule has 1 aromatic carbocycles. The van der Waals surface area contributed by atoms with Gasteiger partial charge in [-0.15, -0.1) is 0 Å². The smallest absolute Gasteiger partial charge is 0.317 e. The van der Waals surface area contributed by atoms with Gasteiger partial charge in [0.1, 0.15) is 0 Å². The van der Waals surface area contributed by atoms with Crippen molar-refractivity contribution in [3.8, 4) is 0 Å². The van der Waals surface area contributed by atoms with Gasteiger partial charge in [0.2, 0.25) is 5.91 Å². The Morgan fingerprint density at radius 3 is 2.22 bits per heavy atom. The number of carbonyl (C=O) groups excluding carboxylic acids is 2. The Bertz CT molecular complexity index is 553. The largest absolute Gasteiger partial charge is 0.366 e. The summed E-state index contributed by atoms with van der Waals surface area (Å²) in [6.45, 7) is 7.58. The summed E-state index contributed by atoms with van der Waals surface area (Å²) in [5.74, 6) is 0.183. The van der Waals surface area contributed by atoms with Crippen molar-refractivity contribution in [1.82, 2.24) is 10.2 Å². The quantitative estimate of drug-likeness (QED) is 0.899. The van der Waals surface area contributed by atoms with Crippen molar-refractivity contribution < 1.29 is 9.59 Å². The number of likely N-dealkylation sites (tertiary alicyclic amines) is 1. The van der Waals surface area contributed by atoms with E-state index in [4.69, 9.17) is 5.73 Å². The van der Waals surface area contributed by atoms with Crippen molar-refractivity contribution in [2.75, 3.05) is 13.1 Å². The zero-order valence-corrected chi connectivity index (χ0v) is 14.3. The van der Waals surface area contributed by atoms with Crippen molar-refractivity contribution in [1.29, 1.82) is 0 Å². The highest BCUT2D eigenvalue weighted by Gasteiger charge is 2.25. The molecule has 1 aromatic rings. The Labute approximate surface area is 138 Å². The first-order valence-corrected chi connectivity index (χ1v) is 8.20. The van der Waals surface area contributed by atoms with Crippen LogP contribution in [-0.2, 0) is 6.42 Å². The molecule has 0 radical (unpaired) electrons. The van der Waals surface area contributed by atoms with E-state index in [1.165, 1.54) is 5.56 Å². The topological polar surface area (TPSA) is 75.4 Å². The van der Waals surface area contributed by atoms with Crippen LogP contribution in [0.2, 0.25) is 0 Å². The van der Waals surface area contributed by atoms with E-state index in [-0.39, 0.29) is 11.6 Å². The molecule has 3 amide bonds. The summed E-state index contributed by atoms with van der Waals surface area (Å²) in [7, 11) is 0. The molecule has 23 heavy (non-hydrogen) atoms. The van der Waals surface area contributed by atoms with Gasteiger partial charge in [-0.25, -0.2) is 4.79 Å². The van der Waals surface area contributed by atoms with E-state index in [1.54, 1.807) is 12.1 Å². The molecular formula is C18H27N3O2. The predicted molar refractivity (Wildman–Crippen MR) is 91.2 cm³/mol. The van der Waals surface area contributed by atoms with Gasteiger partial charge < -0.3 is 16.0 Å². The molecule has 0 aliphatic carbocycles. The standard InChI is InChI=1S/C18H27N3O2/c1-18(2,3)20-17(23)21-10-8-14(9-11-21)12-13-4-6-15(7-5-13)16(19)22/h4-7,14H,8-12H2,1-3H3,(H2,19,22)(H,20,23). The first-order chi connectivity index (χ1) is 10.7. The lowest BCUT2D eigenvalue weighted by molar-refractivity contribution is 0.1000. The maximum absolute atomic E-state index is 12.2. The van der Waals surface area contributed by atoms with E-state index in [1.807, 2.05) is 37.8 Å². The molecule has 0 spiro atoms. The van der Waals surface area contributed by atoms with Crippen molar-refractivity contribution in [2.24, 2.45) is 11.7 Å². The summed E-state index contributed by atoms with van der Waals surface area (Å²) in [6.07, 6.45) is 3.00. The minimum absolute atomic E-state index is 0.0294. The van der Waals surface area contributed by atoms with Crippen LogP contribution in [0.5, 0.6) is 0 Å². The Morgan fingerprint density at radius 1 is 1.17 bits per heavy atom. The average molecular weight is 317 g/mol. The predicted octanol–water partition coefficient (Wildman–Crippen LogP) is 2.55. The zero-order chi connectivity index (χ0) is 17.0. The molecule has 5 nitrogen and oxygen atoms in total. The Kier molecular flexibility index (Phi) is 5.29. The zero-order valence-electron chi connectivity index (χ0n) is 14.3. The van der Waals surface area contributed by atoms with Crippen molar-refractivity contribution in [2.45, 2.75) is 45.6 Å². The van der Waals surface area contributed by atoms with Gasteiger partial charge in [-0.05, 0) is 63.6 Å². The first-order valence-electron chi connectivity index (χ1n) is 8.20. The van der Waals surface area contributed by atoms with Gasteiger partial charge >= 0.3 is 6.03 Å². The molecule has 1 saturated heterocycles. The minimum Gasteiger partial charge on any atom is -0.366 e. The van der Waals surface area contributed by atoms with Crippen LogP contribution in [0, 0.1) is 5.92 Å². The third-order valence-electron chi connectivity index (χ3n) is 4.15. The number of carbonyl (C=O) groups is 2. The maximum atomic E-state index is 12.2. The molecule has 0 atom stereocenters. The van der Waals surface area contributed by atoms with Crippen LogP contribution >= 0.6 is 0 Å². The third kappa shape index (κ3) is 5.27. The number of rotatable bonds is 3. The Morgan fingerprint density at radius 2 is 1.74 bits per heavy atom. The van der Waals surface area contributed by atoms with Crippen LogP contribution in [0.3, 0.4) is 0 Å². The normalized spacial score (nSPS) is 16.2. The second-order valence-electron chi connectivity index (χ2n) is 7.38. The van der Waals surface area contributed by atoms with Gasteiger partial charge in [0, 0.05) is 24.2 Å². The van der Waals surface area contributed by atoms with E-state index in [9.17, 15) is 9.59 Å². The molecule has 1 aliphatic heterocycles. The molecule has 2 rings (SSSR count). The maximum Gasteiger partial charge on any atom is 0.317 e. The number of amides is 3. The first kappa shape index (κ1) is 17.3. The van der Waals surface area contributed by atoms with Gasteiger partial charge in [0.05, 0.1) is 0 Å². The van der Waals surface area contributed by atoms with Crippen LogP contribution in [0.15, 0.2) is 24.3 Å². The number of hydrogen-bond donors (Lipinski definition) is 2. The van der Waals surface area contributed by atoms with E-state index in [0.717, 1.165) is 32.4 Å². The van der Waals surface area contributed by atoms with E-state index in [2.05, 4.69) is 5.32 Å². The number of urea groups is 1. The number of primary amides is 1. The van der Waals surface area contributed by atoms with Crippen LogP contribution in [-0.4, -0.2) is 35.5 Å². The fourth-order valence-corrected chi connectivity index (χ4v) is 2.88. The lowest BCUT2D eigenvalue weighted by atomic mass is 9.90. The number of nitrogens with zero attached hydrogens (tertiary/aromatic N) is 1. The van der Waals surface area contributed by atoms with Crippen LogP contribution < -0.4 is 11.1 Å². The average Bonchev–Trinajstić information content (AvgIpc) is 2.46. The summed E-state index contributed by atoms with van der Waals surface area (Å²) in [6, 6.07) is 7.53. The molecule has 0 aromatic heterocycles. The van der Waals surface area contributed by atoms with Crippen LogP contribution in [0.1, 0.15) is 49.5 Å². The van der Waals surface area contributed by atoms with E-state index in [0.29, 0.717) is 11.5 Å². The summed E-state index contributed by atoms with van der Waals surface area (Å²) >= 11 is 0. The summed E-state index contributed by atoms with van der Waals surface area (Å²) in [4.78, 5) is 25.1. The van der Waals surface area contributed by atoms with Crippen molar-refractivity contribution >= 4 is 11.9 Å². The van der Waals surface area contributed by atoms with Crippen LogP contribution in [0.25, 0.3) is 0 Å². The molecule has 0 unspecified atom stereocenters. The number of piperidine rings is 1. The number of nitrogens with one attached hydrogen (secondary N) is 1. The second kappa shape index (κ2) is 7.02. The molecule has 1 heterocycles. The molecule has 126 valence electrons. The number of benzene rings is 1. The molecular weight excluding hydrogens is 290 g/mol. The fraction of sp³-hybridized carbons (Fsp3) is 0.556. The Hall–Kier alpha value is -2.04. The van der Waals surface area contributed by atoms with Gasteiger partial charge in [0.25, 0.3) is 0 Å². The minimum atomic E-state index is -0.394. The molecule has 1 aliphatic rings. The molecule has 3 N–H and O–H groups in total. The highest BCUT2D eigenvalue weighted by atomic mass is 16.2. The monoisotopic (exact) mass is 317 g/mol. The highest BCUT2D eigenvalue weighted by Crippen LogP contribution is 2.22. The van der Waals surface area contributed by atoms with Crippen molar-refractivity contribution in [3.05, 3.63) is 35.4 Å². The van der Waals surface area contributed by atoms with Gasteiger partial charge in [-0.3, -0.25) is 4.79 Å². The molecule has 5 heteroatoms. The number of hydrogen-bond acceptors (Lipinski definition) is 2. The second-order valence-corrected chi connectivity index (χ2v) is 7.38. The lowest BCUT2D eigenvalue weighted by Crippen LogP contribution is -2.50. The van der Waals surface area contributed by atoms with Crippen molar-refractivity contribution in [3.63, 3.8) is 0 Å². The summed E-state index contributed by atoms with van der Waals surface area (Å²) in [5.41, 5.74) is 6.81. The molecule has 1 fully saturated rings. The third-order valence-corrected chi connectivity index (χ3v) is 4.15. The van der Waals surface area contributed by atoms with Gasteiger partial charge in [-0.2, -0.15) is 0 Å². The SMILES string of the molecule is CC(C)(C)NC(=O)N1CCC(Cc2ccc(C(N)=O)cc2)CC1. The summed E-state index contributed by atoms with van der Waals surface area (Å²) in [5, 5.41) is 3.01. The van der Waals surface area contributed by atoms with Crippen LogP contribution in [0.4, 0.5) is 4.79 Å². The summed E-state index contributed by atoms with van der Waals surface area (Å²) < 4.78 is 0. The lowest BCUT2D eigenvalue weighted by Gasteiger charge is -2.34.